The number of halogens is 1. The lowest BCUT2D eigenvalue weighted by atomic mass is 9.90. The topological polar surface area (TPSA) is 72.4 Å². The Morgan fingerprint density at radius 1 is 1.03 bits per heavy atom. The monoisotopic (exact) mass is 501 g/mol. The summed E-state index contributed by atoms with van der Waals surface area (Å²) in [5, 5.41) is 8.40. The van der Waals surface area contributed by atoms with E-state index >= 15 is 0 Å². The summed E-state index contributed by atoms with van der Waals surface area (Å²) in [7, 11) is 1.71. The molecule has 2 aliphatic rings. The first-order valence-electron chi connectivity index (χ1n) is 12.5. The number of carbonyl (C=O) groups excluding carboxylic acids is 2. The Balaban J connectivity index is 1.67. The molecule has 6 nitrogen and oxygen atoms in total. The van der Waals surface area contributed by atoms with E-state index in [1.165, 1.54) is 5.56 Å². The fourth-order valence-electron chi connectivity index (χ4n) is 5.85. The third-order valence-corrected chi connectivity index (χ3v) is 7.85. The summed E-state index contributed by atoms with van der Waals surface area (Å²) in [5.74, 6) is -0.273. The summed E-state index contributed by atoms with van der Waals surface area (Å²) in [5.41, 5.74) is 5.57. The molecule has 0 bridgehead atoms. The summed E-state index contributed by atoms with van der Waals surface area (Å²) < 4.78 is 7.63. The molecule has 1 saturated heterocycles. The molecule has 7 heteroatoms. The predicted octanol–water partition coefficient (Wildman–Crippen LogP) is 5.50. The van der Waals surface area contributed by atoms with Gasteiger partial charge in [0, 0.05) is 53.7 Å². The zero-order chi connectivity index (χ0) is 24.8. The van der Waals surface area contributed by atoms with Gasteiger partial charge in [-0.15, -0.1) is 0 Å². The van der Waals surface area contributed by atoms with E-state index in [1.54, 1.807) is 13.2 Å². The molecule has 184 valence electrons. The number of amides is 2. The second kappa shape index (κ2) is 9.36. The third kappa shape index (κ3) is 3.72. The SMILES string of the molecule is COCCCn1c2cc(C3CCCNC3)ccc2c2c3c(c(-c4ccccc4Cl)cc21)C(=O)NC3=O. The number of aryl methyl sites for hydroxylation is 1. The molecular formula is C29H28ClN3O3. The van der Waals surface area contributed by atoms with Crippen LogP contribution < -0.4 is 10.6 Å². The highest BCUT2D eigenvalue weighted by Gasteiger charge is 2.35. The summed E-state index contributed by atoms with van der Waals surface area (Å²) in [6.07, 6.45) is 3.15. The molecule has 0 saturated carbocycles. The number of piperidine rings is 1. The molecule has 1 fully saturated rings. The van der Waals surface area contributed by atoms with E-state index < -0.39 is 0 Å². The quantitative estimate of drug-likeness (QED) is 0.270. The second-order valence-corrected chi connectivity index (χ2v) is 10.1. The number of ether oxygens (including phenoxy) is 1. The molecule has 36 heavy (non-hydrogen) atoms. The van der Waals surface area contributed by atoms with E-state index in [2.05, 4.69) is 33.4 Å². The van der Waals surface area contributed by atoms with E-state index in [9.17, 15) is 9.59 Å². The fraction of sp³-hybridized carbons (Fsp3) is 0.310. The minimum atomic E-state index is -0.378. The van der Waals surface area contributed by atoms with E-state index in [1.807, 2.05) is 24.3 Å². The van der Waals surface area contributed by atoms with Gasteiger partial charge in [0.15, 0.2) is 0 Å². The average molecular weight is 502 g/mol. The number of imide groups is 1. The summed E-state index contributed by atoms with van der Waals surface area (Å²) >= 11 is 6.58. The van der Waals surface area contributed by atoms with Crippen LogP contribution in [0.25, 0.3) is 32.9 Å². The largest absolute Gasteiger partial charge is 0.385 e. The molecule has 3 aromatic carbocycles. The number of nitrogens with zero attached hydrogens (tertiary/aromatic N) is 1. The van der Waals surface area contributed by atoms with Crippen molar-refractivity contribution < 1.29 is 14.3 Å². The van der Waals surface area contributed by atoms with Gasteiger partial charge in [0.25, 0.3) is 11.8 Å². The Morgan fingerprint density at radius 3 is 2.64 bits per heavy atom. The van der Waals surface area contributed by atoms with Crippen LogP contribution in [0.4, 0.5) is 0 Å². The van der Waals surface area contributed by atoms with Crippen molar-refractivity contribution in [1.29, 1.82) is 0 Å². The highest BCUT2D eigenvalue weighted by Crippen LogP contribution is 2.42. The lowest BCUT2D eigenvalue weighted by Crippen LogP contribution is -2.28. The Bertz CT molecular complexity index is 1520. The van der Waals surface area contributed by atoms with Gasteiger partial charge < -0.3 is 14.6 Å². The lowest BCUT2D eigenvalue weighted by molar-refractivity contribution is 0.0880. The number of benzene rings is 3. The predicted molar refractivity (Wildman–Crippen MR) is 143 cm³/mol. The first-order chi connectivity index (χ1) is 17.6. The van der Waals surface area contributed by atoms with Crippen LogP contribution in [0, 0.1) is 0 Å². The van der Waals surface area contributed by atoms with E-state index in [0.29, 0.717) is 34.2 Å². The maximum absolute atomic E-state index is 13.2. The van der Waals surface area contributed by atoms with E-state index in [0.717, 1.165) is 66.3 Å². The van der Waals surface area contributed by atoms with E-state index in [-0.39, 0.29) is 11.8 Å². The Morgan fingerprint density at radius 2 is 1.86 bits per heavy atom. The molecular weight excluding hydrogens is 474 g/mol. The van der Waals surface area contributed by atoms with Crippen molar-refractivity contribution in [3.05, 3.63) is 70.2 Å². The smallest absolute Gasteiger partial charge is 0.259 e. The van der Waals surface area contributed by atoms with Crippen molar-refractivity contribution in [1.82, 2.24) is 15.2 Å². The zero-order valence-electron chi connectivity index (χ0n) is 20.2. The molecule has 2 N–H and O–H groups in total. The Labute approximate surface area is 214 Å². The van der Waals surface area contributed by atoms with Gasteiger partial charge in [0.2, 0.25) is 0 Å². The van der Waals surface area contributed by atoms with Gasteiger partial charge in [-0.2, -0.15) is 0 Å². The second-order valence-electron chi connectivity index (χ2n) is 9.65. The molecule has 0 radical (unpaired) electrons. The molecule has 0 aliphatic carbocycles. The van der Waals surface area contributed by atoms with Crippen LogP contribution in [-0.2, 0) is 11.3 Å². The maximum atomic E-state index is 13.2. The van der Waals surface area contributed by atoms with Gasteiger partial charge in [-0.1, -0.05) is 41.9 Å². The highest BCUT2D eigenvalue weighted by atomic mass is 35.5. The number of rotatable bonds is 6. The lowest BCUT2D eigenvalue weighted by Gasteiger charge is -2.23. The van der Waals surface area contributed by atoms with Crippen LogP contribution in [0.3, 0.4) is 0 Å². The van der Waals surface area contributed by atoms with Gasteiger partial charge in [-0.05, 0) is 61.1 Å². The van der Waals surface area contributed by atoms with Crippen molar-refractivity contribution in [2.45, 2.75) is 31.7 Å². The van der Waals surface area contributed by atoms with Crippen LogP contribution in [0.1, 0.15) is 51.5 Å². The number of hydrogen-bond donors (Lipinski definition) is 2. The number of nitrogens with one attached hydrogen (secondary N) is 2. The number of aromatic nitrogens is 1. The highest BCUT2D eigenvalue weighted by molar-refractivity contribution is 6.36. The fourth-order valence-corrected chi connectivity index (χ4v) is 6.09. The standard InChI is InChI=1S/C29H28ClN3O3/c1-36-13-5-12-33-23-14-17(18-6-4-11-31-16-18)9-10-20(23)25-24(33)15-21(19-7-2-3-8-22(19)30)26-27(25)29(35)32-28(26)34/h2-3,7-10,14-15,18,31H,4-6,11-13,16H2,1H3,(H,32,34,35). The molecule has 6 rings (SSSR count). The molecule has 0 spiro atoms. The third-order valence-electron chi connectivity index (χ3n) is 7.52. The average Bonchev–Trinajstić information content (AvgIpc) is 3.37. The van der Waals surface area contributed by atoms with E-state index in [4.69, 9.17) is 16.3 Å². The van der Waals surface area contributed by atoms with Gasteiger partial charge in [-0.25, -0.2) is 0 Å². The maximum Gasteiger partial charge on any atom is 0.259 e. The van der Waals surface area contributed by atoms with Crippen molar-refractivity contribution in [2.75, 3.05) is 26.8 Å². The Kier molecular flexibility index (Phi) is 6.04. The van der Waals surface area contributed by atoms with Gasteiger partial charge in [-0.3, -0.25) is 14.9 Å². The molecule has 4 aromatic rings. The number of fused-ring (bicyclic) bond motifs is 5. The van der Waals surface area contributed by atoms with Crippen LogP contribution >= 0.6 is 11.6 Å². The first-order valence-corrected chi connectivity index (χ1v) is 12.9. The molecule has 1 atom stereocenters. The molecule has 2 amide bonds. The number of methoxy groups -OCH3 is 1. The van der Waals surface area contributed by atoms with Crippen LogP contribution in [-0.4, -0.2) is 43.2 Å². The van der Waals surface area contributed by atoms with Crippen molar-refractivity contribution in [3.63, 3.8) is 0 Å². The van der Waals surface area contributed by atoms with Gasteiger partial charge in [0.05, 0.1) is 16.6 Å². The molecule has 3 heterocycles. The summed E-state index contributed by atoms with van der Waals surface area (Å²) in [4.78, 5) is 26.2. The molecule has 1 unspecified atom stereocenters. The minimum absolute atomic E-state index is 0.356. The van der Waals surface area contributed by atoms with Crippen molar-refractivity contribution in [2.24, 2.45) is 0 Å². The summed E-state index contributed by atoms with van der Waals surface area (Å²) in [6, 6.07) is 16.1. The minimum Gasteiger partial charge on any atom is -0.385 e. The first kappa shape index (κ1) is 23.2. The summed E-state index contributed by atoms with van der Waals surface area (Å²) in [6.45, 7) is 3.40. The number of hydrogen-bond acceptors (Lipinski definition) is 4. The molecule has 2 aliphatic heterocycles. The van der Waals surface area contributed by atoms with Crippen molar-refractivity contribution in [3.8, 4) is 11.1 Å². The van der Waals surface area contributed by atoms with Gasteiger partial charge >= 0.3 is 0 Å². The van der Waals surface area contributed by atoms with Crippen LogP contribution in [0.15, 0.2) is 48.5 Å². The zero-order valence-corrected chi connectivity index (χ0v) is 21.0. The van der Waals surface area contributed by atoms with Crippen molar-refractivity contribution >= 4 is 45.2 Å². The normalized spacial score (nSPS) is 17.7. The van der Waals surface area contributed by atoms with Gasteiger partial charge in [0.1, 0.15) is 0 Å². The number of carbonyl (C=O) groups is 2. The Hall–Kier alpha value is -3.19. The molecule has 1 aromatic heterocycles. The van der Waals surface area contributed by atoms with Crippen LogP contribution in [0.2, 0.25) is 5.02 Å². The van der Waals surface area contributed by atoms with Crippen LogP contribution in [0.5, 0.6) is 0 Å².